The Bertz CT molecular complexity index is 1460. The fraction of sp³-hybridized carbons (Fsp3) is 0. The molecule has 0 saturated carbocycles. The van der Waals surface area contributed by atoms with Crippen molar-refractivity contribution in [2.75, 3.05) is 0 Å². The summed E-state index contributed by atoms with van der Waals surface area (Å²) in [6.07, 6.45) is -0.785. The number of benzene rings is 4. The number of rotatable bonds is 2. The summed E-state index contributed by atoms with van der Waals surface area (Å²) in [6, 6.07) is 27.2. The number of aromatic nitrogens is 2. The van der Waals surface area contributed by atoms with Crippen LogP contribution in [0, 0.1) is 0 Å². The van der Waals surface area contributed by atoms with Crippen molar-refractivity contribution < 1.29 is 14.3 Å². The average molecular weight is 392 g/mol. The SMILES string of the molecule is O=C(Oc1cccc2c1[nH]c1ccccc12)Oc1cccc2c1[nH]c1ccccc12. The summed E-state index contributed by atoms with van der Waals surface area (Å²) >= 11 is 0. The number of hydrogen-bond donors (Lipinski definition) is 2. The van der Waals surface area contributed by atoms with Crippen molar-refractivity contribution in [3.63, 3.8) is 0 Å². The van der Waals surface area contributed by atoms with Gasteiger partial charge in [0.1, 0.15) is 0 Å². The molecule has 6 rings (SSSR count). The van der Waals surface area contributed by atoms with Gasteiger partial charge in [0.15, 0.2) is 11.5 Å². The Balaban J connectivity index is 1.36. The lowest BCUT2D eigenvalue weighted by Gasteiger charge is -2.07. The van der Waals surface area contributed by atoms with Gasteiger partial charge in [0.25, 0.3) is 0 Å². The molecule has 0 unspecified atom stereocenters. The number of H-pyrrole nitrogens is 2. The summed E-state index contributed by atoms with van der Waals surface area (Å²) in [5.41, 5.74) is 3.50. The first-order valence-corrected chi connectivity index (χ1v) is 9.66. The molecule has 2 heterocycles. The van der Waals surface area contributed by atoms with Crippen LogP contribution >= 0.6 is 0 Å². The lowest BCUT2D eigenvalue weighted by Crippen LogP contribution is -2.14. The molecule has 0 bridgehead atoms. The maximum Gasteiger partial charge on any atom is 0.519 e. The number of aromatic amines is 2. The molecule has 6 aromatic rings. The van der Waals surface area contributed by atoms with Crippen molar-refractivity contribution in [1.29, 1.82) is 0 Å². The molecular weight excluding hydrogens is 376 g/mol. The van der Waals surface area contributed by atoms with Crippen molar-refractivity contribution in [3.05, 3.63) is 84.9 Å². The minimum Gasteiger partial charge on any atom is -0.392 e. The Morgan fingerprint density at radius 1 is 0.533 bits per heavy atom. The zero-order valence-electron chi connectivity index (χ0n) is 15.8. The number of hydrogen-bond acceptors (Lipinski definition) is 3. The molecule has 2 aromatic heterocycles. The number of nitrogens with one attached hydrogen (secondary N) is 2. The van der Waals surface area contributed by atoms with Crippen molar-refractivity contribution in [2.45, 2.75) is 0 Å². The van der Waals surface area contributed by atoms with Crippen molar-refractivity contribution in [1.82, 2.24) is 9.97 Å². The summed E-state index contributed by atoms with van der Waals surface area (Å²) in [5.74, 6) is 0.857. The molecule has 30 heavy (non-hydrogen) atoms. The van der Waals surface area contributed by atoms with Gasteiger partial charge in [-0.2, -0.15) is 0 Å². The van der Waals surface area contributed by atoms with E-state index in [2.05, 4.69) is 9.97 Å². The second kappa shape index (κ2) is 6.39. The van der Waals surface area contributed by atoms with E-state index in [4.69, 9.17) is 9.47 Å². The van der Waals surface area contributed by atoms with Crippen LogP contribution in [0.25, 0.3) is 43.6 Å². The van der Waals surface area contributed by atoms with Gasteiger partial charge in [-0.15, -0.1) is 0 Å². The maximum atomic E-state index is 12.6. The van der Waals surface area contributed by atoms with E-state index in [0.717, 1.165) is 43.6 Å². The smallest absolute Gasteiger partial charge is 0.392 e. The molecule has 0 aliphatic carbocycles. The van der Waals surface area contributed by atoms with Gasteiger partial charge in [-0.1, -0.05) is 60.7 Å². The Morgan fingerprint density at radius 3 is 1.47 bits per heavy atom. The number of para-hydroxylation sites is 4. The Kier molecular flexibility index (Phi) is 3.55. The van der Waals surface area contributed by atoms with E-state index in [1.165, 1.54) is 0 Å². The first-order chi connectivity index (χ1) is 14.8. The van der Waals surface area contributed by atoms with Crippen LogP contribution in [0.4, 0.5) is 4.79 Å². The lowest BCUT2D eigenvalue weighted by molar-refractivity contribution is 0.153. The summed E-state index contributed by atoms with van der Waals surface area (Å²) in [4.78, 5) is 19.3. The minimum absolute atomic E-state index is 0.428. The zero-order chi connectivity index (χ0) is 20.1. The average Bonchev–Trinajstić information content (AvgIpc) is 3.34. The Morgan fingerprint density at radius 2 is 0.967 bits per heavy atom. The standard InChI is InChI=1S/C25H16N2O3/c28-25(29-21-13-5-9-17-15-7-1-3-11-19(15)26-23(17)21)30-22-14-6-10-18-16-8-2-4-12-20(16)27-24(18)22/h1-14,26-27H. The molecular formula is C25H16N2O3. The predicted molar refractivity (Wildman–Crippen MR) is 118 cm³/mol. The third-order valence-electron chi connectivity index (χ3n) is 5.39. The molecule has 0 atom stereocenters. The second-order valence-electron chi connectivity index (χ2n) is 7.15. The highest BCUT2D eigenvalue weighted by atomic mass is 16.7. The van der Waals surface area contributed by atoms with Crippen LogP contribution in [-0.2, 0) is 0 Å². The predicted octanol–water partition coefficient (Wildman–Crippen LogP) is 6.53. The molecule has 0 aliphatic heterocycles. The molecule has 4 aromatic carbocycles. The second-order valence-corrected chi connectivity index (χ2v) is 7.15. The molecule has 5 heteroatoms. The molecule has 144 valence electrons. The van der Waals surface area contributed by atoms with Crippen LogP contribution in [0.2, 0.25) is 0 Å². The van der Waals surface area contributed by atoms with E-state index in [9.17, 15) is 4.79 Å². The fourth-order valence-electron chi connectivity index (χ4n) is 4.06. The highest BCUT2D eigenvalue weighted by molar-refractivity contribution is 6.10. The van der Waals surface area contributed by atoms with Gasteiger partial charge < -0.3 is 19.4 Å². The van der Waals surface area contributed by atoms with Crippen LogP contribution in [0.3, 0.4) is 0 Å². The van der Waals surface area contributed by atoms with E-state index < -0.39 is 6.16 Å². The first-order valence-electron chi connectivity index (χ1n) is 9.66. The quantitative estimate of drug-likeness (QED) is 0.260. The fourth-order valence-corrected chi connectivity index (χ4v) is 4.06. The third kappa shape index (κ3) is 2.53. The molecule has 5 nitrogen and oxygen atoms in total. The highest BCUT2D eigenvalue weighted by Gasteiger charge is 2.16. The number of ether oxygens (including phenoxy) is 2. The van der Waals surface area contributed by atoms with E-state index in [1.807, 2.05) is 72.8 Å². The van der Waals surface area contributed by atoms with E-state index >= 15 is 0 Å². The number of carbonyl (C=O) groups excluding carboxylic acids is 1. The summed E-state index contributed by atoms with van der Waals surface area (Å²) < 4.78 is 11.2. The Hall–Kier alpha value is -4.25. The normalized spacial score (nSPS) is 11.5. The number of fused-ring (bicyclic) bond motifs is 6. The van der Waals surface area contributed by atoms with Crippen molar-refractivity contribution >= 4 is 49.8 Å². The molecule has 2 N–H and O–H groups in total. The summed E-state index contributed by atoms with van der Waals surface area (Å²) in [6.45, 7) is 0. The largest absolute Gasteiger partial charge is 0.519 e. The highest BCUT2D eigenvalue weighted by Crippen LogP contribution is 2.33. The van der Waals surface area contributed by atoms with Crippen LogP contribution in [0.5, 0.6) is 11.5 Å². The first kappa shape index (κ1) is 16.7. The van der Waals surface area contributed by atoms with Gasteiger partial charge >= 0.3 is 6.16 Å². The monoisotopic (exact) mass is 392 g/mol. The molecule has 0 spiro atoms. The van der Waals surface area contributed by atoms with Crippen LogP contribution in [-0.4, -0.2) is 16.1 Å². The third-order valence-corrected chi connectivity index (χ3v) is 5.39. The van der Waals surface area contributed by atoms with Crippen LogP contribution < -0.4 is 9.47 Å². The molecule has 0 saturated heterocycles. The van der Waals surface area contributed by atoms with Gasteiger partial charge in [-0.05, 0) is 24.3 Å². The molecule has 0 amide bonds. The van der Waals surface area contributed by atoms with Crippen molar-refractivity contribution in [3.8, 4) is 11.5 Å². The lowest BCUT2D eigenvalue weighted by atomic mass is 10.1. The number of carbonyl (C=O) groups is 1. The van der Waals surface area contributed by atoms with Crippen molar-refractivity contribution in [2.24, 2.45) is 0 Å². The van der Waals surface area contributed by atoms with Gasteiger partial charge in [0.2, 0.25) is 0 Å². The summed E-state index contributed by atoms with van der Waals surface area (Å²) in [5, 5.41) is 4.14. The Labute approximate surface area is 170 Å². The van der Waals surface area contributed by atoms with Crippen LogP contribution in [0.15, 0.2) is 84.9 Å². The minimum atomic E-state index is -0.785. The zero-order valence-corrected chi connectivity index (χ0v) is 15.8. The topological polar surface area (TPSA) is 67.1 Å². The molecule has 0 radical (unpaired) electrons. The van der Waals surface area contributed by atoms with Gasteiger partial charge in [-0.25, -0.2) is 4.79 Å². The van der Waals surface area contributed by atoms with E-state index in [-0.39, 0.29) is 0 Å². The van der Waals surface area contributed by atoms with E-state index in [0.29, 0.717) is 11.5 Å². The van der Waals surface area contributed by atoms with Gasteiger partial charge in [0, 0.05) is 32.6 Å². The van der Waals surface area contributed by atoms with Crippen LogP contribution in [0.1, 0.15) is 0 Å². The van der Waals surface area contributed by atoms with Gasteiger partial charge in [0.05, 0.1) is 11.0 Å². The molecule has 0 aliphatic rings. The van der Waals surface area contributed by atoms with E-state index in [1.54, 1.807) is 12.1 Å². The summed E-state index contributed by atoms with van der Waals surface area (Å²) in [7, 11) is 0. The molecule has 0 fully saturated rings. The maximum absolute atomic E-state index is 12.6. The van der Waals surface area contributed by atoms with Gasteiger partial charge in [-0.3, -0.25) is 0 Å².